The highest BCUT2D eigenvalue weighted by Gasteiger charge is 2.33. The van der Waals surface area contributed by atoms with Crippen LogP contribution in [0.3, 0.4) is 0 Å². The van der Waals surface area contributed by atoms with Gasteiger partial charge in [-0.1, -0.05) is 81.4 Å². The second kappa shape index (κ2) is 44.7. The molecule has 0 saturated heterocycles. The van der Waals surface area contributed by atoms with E-state index in [1.165, 1.54) is 0 Å². The number of nitrogens with zero attached hydrogens (tertiary/aromatic N) is 34. The van der Waals surface area contributed by atoms with Crippen LogP contribution in [0.15, 0.2) is 97.3 Å². The van der Waals surface area contributed by atoms with Crippen LogP contribution in [-0.4, -0.2) is 51.1 Å². The average molecular weight is 1840 g/mol. The molecule has 6 heterocycles. The molecule has 47 heteroatoms. The van der Waals surface area contributed by atoms with E-state index < -0.39 is 121 Å². The highest BCUT2D eigenvalue weighted by atomic mass is 32.0. The molecule has 1 N–H and O–H groups in total. The molecule has 0 aliphatic heterocycles. The predicted molar refractivity (Wildman–Crippen MR) is 464 cm³/mol. The van der Waals surface area contributed by atoms with E-state index in [9.17, 15) is 59.7 Å². The summed E-state index contributed by atoms with van der Waals surface area (Å²) < 4.78 is 146. The third-order valence-electron chi connectivity index (χ3n) is 17.5. The number of fused-ring (bicyclic) bond motifs is 14. The summed E-state index contributed by atoms with van der Waals surface area (Å²) in [5.41, 5.74) is -0.671. The summed E-state index contributed by atoms with van der Waals surface area (Å²) in [5.74, 6) is -24.4. The van der Waals surface area contributed by atoms with Crippen LogP contribution < -0.4 is 41.7 Å². The van der Waals surface area contributed by atoms with Gasteiger partial charge in [0.1, 0.15) is 200 Å². The molecule has 634 valence electrons. The topological polar surface area (TPSA) is 471 Å². The summed E-state index contributed by atoms with van der Waals surface area (Å²) in [6.45, 7) is 89.9. The minimum absolute atomic E-state index is 0.000622. The third kappa shape index (κ3) is 19.5. The maximum absolute atomic E-state index is 14.4. The molecule has 0 spiro atoms. The second-order valence-corrected chi connectivity index (χ2v) is 25.5. The molecule has 137 heavy (non-hydrogen) atoms. The first kappa shape index (κ1) is 97.8. The maximum Gasteiger partial charge on any atom is 0.532 e. The number of hydrogen-bond acceptors (Lipinski definition) is 22. The van der Waals surface area contributed by atoms with Crippen LogP contribution in [0.2, 0.25) is 0 Å². The van der Waals surface area contributed by atoms with Crippen LogP contribution in [0.1, 0.15) is 17.1 Å². The number of pyridine rings is 2. The zero-order chi connectivity index (χ0) is 102. The highest BCUT2D eigenvalue weighted by Crippen LogP contribution is 2.38. The molecule has 0 aliphatic carbocycles. The van der Waals surface area contributed by atoms with Crippen molar-refractivity contribution in [1.29, 1.82) is 64.3 Å². The van der Waals surface area contributed by atoms with Crippen LogP contribution in [0.5, 0.6) is 0 Å². The van der Waals surface area contributed by atoms with E-state index in [1.807, 2.05) is 24.3 Å². The van der Waals surface area contributed by atoms with Crippen LogP contribution in [0.25, 0.3) is 196 Å². The van der Waals surface area contributed by atoms with Gasteiger partial charge in [-0.3, -0.25) is 9.97 Å². The summed E-state index contributed by atoms with van der Waals surface area (Å²) in [6, 6.07) is 40.8. The van der Waals surface area contributed by atoms with Crippen molar-refractivity contribution in [3.63, 3.8) is 0 Å². The maximum atomic E-state index is 14.4. The van der Waals surface area contributed by atoms with Gasteiger partial charge in [0.05, 0.1) is 42.4 Å². The molecule has 8 aromatic carbocycles. The molecule has 0 amide bonds. The molecule has 0 aliphatic rings. The first-order chi connectivity index (χ1) is 66.3. The number of aromatic nitrogens is 10. The lowest BCUT2D eigenvalue weighted by Gasteiger charge is -2.08. The molecular formula is C90H20F10N35P2+. The fourth-order valence-corrected chi connectivity index (χ4v) is 11.7. The zero-order valence-electron chi connectivity index (χ0n) is 67.7. The Morgan fingerprint density at radius 2 is 0.562 bits per heavy atom. The molecule has 0 bridgehead atoms. The fraction of sp³-hybridized carbons (Fsp3) is 0. The minimum Gasteiger partial charge on any atom is -0.370 e. The number of benzene rings is 8. The van der Waals surface area contributed by atoms with Crippen molar-refractivity contribution in [2.24, 2.45) is 0 Å². The Balaban J connectivity index is 0.000000204. The quantitative estimate of drug-likeness (QED) is 0.0484. The lowest BCUT2D eigenvalue weighted by Crippen LogP contribution is -2.30. The van der Waals surface area contributed by atoms with E-state index in [4.69, 9.17) is 134 Å². The Hall–Kier alpha value is -23.0. The fourth-order valence-electron chi connectivity index (χ4n) is 11.7. The van der Waals surface area contributed by atoms with Crippen molar-refractivity contribution >= 4 is 179 Å². The molecule has 0 radical (unpaired) electrons. The minimum atomic E-state index is -2.22. The van der Waals surface area contributed by atoms with Gasteiger partial charge in [0, 0.05) is 22.8 Å². The Kier molecular flexibility index (Phi) is 31.9. The number of nitrogens with one attached hydrogen (secondary N) is 1. The lowest BCUT2D eigenvalue weighted by molar-refractivity contribution is 0.434. The van der Waals surface area contributed by atoms with E-state index in [1.54, 1.807) is 116 Å². The number of hydrogen-bond donors (Lipinski definition) is 1. The first-order valence-electron chi connectivity index (χ1n) is 35.6. The number of halogens is 10. The number of nitriles is 11. The molecule has 14 rings (SSSR count). The van der Waals surface area contributed by atoms with Gasteiger partial charge in [-0.05, 0) is 47.2 Å². The van der Waals surface area contributed by atoms with E-state index in [0.717, 1.165) is 45.8 Å². The molecule has 14 aromatic rings. The van der Waals surface area contributed by atoms with Crippen LogP contribution in [-0.2, 0) is 0 Å². The van der Waals surface area contributed by atoms with Crippen molar-refractivity contribution < 1.29 is 43.9 Å². The molecule has 35 nitrogen and oxygen atoms in total. The normalized spacial score (nSPS) is 9.51. The van der Waals surface area contributed by atoms with E-state index in [2.05, 4.69) is 122 Å². The van der Waals surface area contributed by atoms with Gasteiger partial charge in [-0.15, -0.1) is 30.1 Å². The van der Waals surface area contributed by atoms with Gasteiger partial charge in [-0.25, -0.2) is 58.9 Å². The summed E-state index contributed by atoms with van der Waals surface area (Å²) >= 11 is 0. The standard InChI is InChI=1S/C18N12.C16F6N4.C16H6N6.C16H6N4.C12F4N4.C12H4N4.H3NP2/c1-22-16-9(6-21)27-12-10-11(26-8(5-20)7(4-19)25-10)14-15(13(12)28-16)30-18(24-3)17(23-2)29-14;1-25-16(26-2)9-11(18)8-7(14(21)15(9)22)10(17)6(5(3-23)4-24)12(19)13(8)20;1-17-15-16(18-2)22-14-10-6-4-8-20-12(10)11-9(13(14)21-15)5-3-7-19-11;1-19-16(20-2)14-6-5-11-7-13(15(9-17)10-18)4-3-12(11)8-14;1-19-12(20-2)7-10(15)8(13)6(5(3-17)4-18)9(14)11(7)16;1-15-12(16-2)10-5-3-9(4-6-10)11(7-13)8-14;1-3-2/h;;3-8H;3-8H;;3-6H;1H,2H2/p+1/i/hD. The number of rotatable bonds is 0. The monoisotopic (exact) mass is 1840 g/mol. The largest absolute Gasteiger partial charge is 0.532 e. The summed E-state index contributed by atoms with van der Waals surface area (Å²) in [5, 5.41) is 99.3. The van der Waals surface area contributed by atoms with Gasteiger partial charge in [0.2, 0.25) is 22.1 Å². The van der Waals surface area contributed by atoms with E-state index in [-0.39, 0.29) is 102 Å². The molecule has 0 saturated carbocycles. The Morgan fingerprint density at radius 3 is 0.912 bits per heavy atom. The molecule has 2 atom stereocenters. The predicted octanol–water partition coefficient (Wildman–Crippen LogP) is 14.7. The van der Waals surface area contributed by atoms with E-state index in [0.29, 0.717) is 42.9 Å². The van der Waals surface area contributed by atoms with Gasteiger partial charge < -0.3 is 24.2 Å². The summed E-state index contributed by atoms with van der Waals surface area (Å²) in [7, 11) is 0.852. The smallest absolute Gasteiger partial charge is 0.370 e. The van der Waals surface area contributed by atoms with Crippen molar-refractivity contribution in [2.45, 2.75) is 0 Å². The van der Waals surface area contributed by atoms with Crippen molar-refractivity contribution in [2.75, 3.05) is 0 Å². The Labute approximate surface area is 762 Å². The van der Waals surface area contributed by atoms with Crippen molar-refractivity contribution in [3.05, 3.63) is 363 Å². The molecule has 2 unspecified atom stereocenters. The van der Waals surface area contributed by atoms with Gasteiger partial charge >= 0.3 is 30.4 Å². The van der Waals surface area contributed by atoms with Crippen LogP contribution in [0.4, 0.5) is 73.0 Å². The van der Waals surface area contributed by atoms with Crippen molar-refractivity contribution in [3.8, 4) is 66.8 Å². The Bertz CT molecular complexity index is 8710. The average Bonchev–Trinajstić information content (AvgIpc) is 0.725. The van der Waals surface area contributed by atoms with Gasteiger partial charge in [0.25, 0.3) is 28.8 Å². The zero-order valence-corrected chi connectivity index (χ0v) is 68.8. The summed E-state index contributed by atoms with van der Waals surface area (Å²) in [6.07, 6.45) is 3.39. The molecule has 0 fully saturated rings. The molecule has 6 aromatic heterocycles. The van der Waals surface area contributed by atoms with Crippen molar-refractivity contribution in [1.82, 2.24) is 49.8 Å². The summed E-state index contributed by atoms with van der Waals surface area (Å²) in [4.78, 5) is 80.8. The van der Waals surface area contributed by atoms with Crippen LogP contribution in [0, 0.1) is 273 Å². The second-order valence-electron chi connectivity index (χ2n) is 24.5. The molecular weight excluding hydrogens is 1820 g/mol. The van der Waals surface area contributed by atoms with E-state index >= 15 is 0 Å². The van der Waals surface area contributed by atoms with Gasteiger partial charge in [-0.2, -0.15) is 96.6 Å². The Morgan fingerprint density at radius 1 is 0.299 bits per heavy atom. The SMILES string of the molecule is [2H][P+](=N)P.[C-]#[N+]C([N+]#[C-])=c1c(F)c(F)c(=C(C#N)C#N)c(F)c1F.[C-]#[N+]C([N+]#[C-])=c1c(F)c(F)c2c(F)c(=C(C#N)C#N)c(F)c(F)c2c1F.[C-]#[N+]C([N+]#[C-])=c1ccc(=C(C#N)C#N)cc1.[C-]#[N+]C([N+]#[C-])=c1ccc2cc(=C(C#N)C#N)ccc2c1.[C-]#[N+]c1nc2c(nc1C#N)c1nc(C#N)c(C#N)nc1c1nc([N+]#[C-])c([N+]#[C-])nc21.[C-]#[N+]c1nc2c3cccnc3c3ncccc3c2nc1[N+]#[C-]. The van der Waals surface area contributed by atoms with Crippen LogP contribution >= 0.6 is 16.9 Å². The first-order valence-corrected chi connectivity index (χ1v) is 37.7. The third-order valence-corrected chi connectivity index (χ3v) is 17.5. The lowest BCUT2D eigenvalue weighted by atomic mass is 10.0. The highest BCUT2D eigenvalue weighted by molar-refractivity contribution is 7.96. The van der Waals surface area contributed by atoms with Gasteiger partial charge in [0.15, 0.2) is 71.6 Å².